The molecule has 0 radical (unpaired) electrons. The van der Waals surface area contributed by atoms with E-state index in [2.05, 4.69) is 15.8 Å². The molecule has 1 saturated heterocycles. The van der Waals surface area contributed by atoms with Crippen molar-refractivity contribution >= 4 is 29.0 Å². The smallest absolute Gasteiger partial charge is 0.248 e. The summed E-state index contributed by atoms with van der Waals surface area (Å²) < 4.78 is 10.4. The Morgan fingerprint density at radius 1 is 1.41 bits per heavy atom. The molecule has 1 fully saturated rings. The SMILES string of the molecule is CCC(Nc1ccc(N2CCCC2=O)c(OC)c1)C(=O)Nc1cc(C)on1. The van der Waals surface area contributed by atoms with Gasteiger partial charge in [-0.05, 0) is 31.9 Å². The Kier molecular flexibility index (Phi) is 5.63. The van der Waals surface area contributed by atoms with E-state index < -0.39 is 6.04 Å². The minimum Gasteiger partial charge on any atom is -0.494 e. The Morgan fingerprint density at radius 2 is 2.22 bits per heavy atom. The normalized spacial score (nSPS) is 14.9. The lowest BCUT2D eigenvalue weighted by Crippen LogP contribution is -2.34. The van der Waals surface area contributed by atoms with Crippen molar-refractivity contribution in [2.45, 2.75) is 39.2 Å². The van der Waals surface area contributed by atoms with E-state index in [-0.39, 0.29) is 11.8 Å². The molecule has 1 unspecified atom stereocenters. The van der Waals surface area contributed by atoms with Crippen molar-refractivity contribution < 1.29 is 18.8 Å². The Labute approximate surface area is 157 Å². The van der Waals surface area contributed by atoms with Gasteiger partial charge in [-0.15, -0.1) is 0 Å². The highest BCUT2D eigenvalue weighted by Crippen LogP contribution is 2.34. The first-order valence-electron chi connectivity index (χ1n) is 9.01. The van der Waals surface area contributed by atoms with Crippen LogP contribution in [0.25, 0.3) is 0 Å². The van der Waals surface area contributed by atoms with Crippen LogP contribution in [0.5, 0.6) is 5.75 Å². The molecule has 2 heterocycles. The van der Waals surface area contributed by atoms with E-state index in [1.54, 1.807) is 31.1 Å². The van der Waals surface area contributed by atoms with E-state index in [9.17, 15) is 9.59 Å². The van der Waals surface area contributed by atoms with Gasteiger partial charge in [0, 0.05) is 30.8 Å². The first-order valence-corrected chi connectivity index (χ1v) is 9.01. The molecule has 144 valence electrons. The molecule has 0 bridgehead atoms. The van der Waals surface area contributed by atoms with E-state index >= 15 is 0 Å². The summed E-state index contributed by atoms with van der Waals surface area (Å²) in [6, 6.07) is 6.70. The molecule has 0 aliphatic carbocycles. The molecule has 8 nitrogen and oxygen atoms in total. The van der Waals surface area contributed by atoms with E-state index in [1.165, 1.54) is 0 Å². The second kappa shape index (κ2) is 8.11. The number of rotatable bonds is 7. The number of methoxy groups -OCH3 is 1. The Balaban J connectivity index is 1.73. The largest absolute Gasteiger partial charge is 0.494 e. The average Bonchev–Trinajstić information content (AvgIpc) is 3.27. The zero-order valence-electron chi connectivity index (χ0n) is 15.7. The van der Waals surface area contributed by atoms with Crippen LogP contribution in [0.4, 0.5) is 17.2 Å². The number of hydrogen-bond donors (Lipinski definition) is 2. The zero-order chi connectivity index (χ0) is 19.4. The number of benzene rings is 1. The second-order valence-corrected chi connectivity index (χ2v) is 6.45. The molecule has 2 aromatic rings. The van der Waals surface area contributed by atoms with Crippen LogP contribution < -0.4 is 20.3 Å². The summed E-state index contributed by atoms with van der Waals surface area (Å²) in [5, 5.41) is 9.72. The lowest BCUT2D eigenvalue weighted by molar-refractivity contribution is -0.117. The summed E-state index contributed by atoms with van der Waals surface area (Å²) in [4.78, 5) is 26.2. The van der Waals surface area contributed by atoms with Crippen LogP contribution in [0.1, 0.15) is 31.9 Å². The minimum atomic E-state index is -0.453. The van der Waals surface area contributed by atoms with Gasteiger partial charge in [-0.25, -0.2) is 0 Å². The van der Waals surface area contributed by atoms with Crippen LogP contribution in [0.3, 0.4) is 0 Å². The molecule has 3 rings (SSSR count). The Bertz CT molecular complexity index is 833. The van der Waals surface area contributed by atoms with Gasteiger partial charge in [0.05, 0.1) is 12.8 Å². The summed E-state index contributed by atoms with van der Waals surface area (Å²) in [5.41, 5.74) is 1.49. The summed E-state index contributed by atoms with van der Waals surface area (Å²) in [6.07, 6.45) is 1.99. The van der Waals surface area contributed by atoms with Crippen molar-refractivity contribution in [3.8, 4) is 5.75 Å². The van der Waals surface area contributed by atoms with Crippen LogP contribution in [0.2, 0.25) is 0 Å². The number of aryl methyl sites for hydroxylation is 1. The van der Waals surface area contributed by atoms with E-state index in [1.807, 2.05) is 19.1 Å². The predicted octanol–water partition coefficient (Wildman–Crippen LogP) is 2.95. The number of ether oxygens (including phenoxy) is 1. The third-order valence-electron chi connectivity index (χ3n) is 4.49. The summed E-state index contributed by atoms with van der Waals surface area (Å²) in [7, 11) is 1.57. The van der Waals surface area contributed by atoms with Crippen LogP contribution in [0, 0.1) is 6.92 Å². The number of amides is 2. The third-order valence-corrected chi connectivity index (χ3v) is 4.49. The topological polar surface area (TPSA) is 96.7 Å². The number of anilines is 3. The molecule has 1 aliphatic rings. The molecule has 27 heavy (non-hydrogen) atoms. The quantitative estimate of drug-likeness (QED) is 0.776. The molecule has 1 aromatic heterocycles. The molecular formula is C19H24N4O4. The van der Waals surface area contributed by atoms with E-state index in [4.69, 9.17) is 9.26 Å². The fourth-order valence-corrected chi connectivity index (χ4v) is 3.09. The molecule has 8 heteroatoms. The monoisotopic (exact) mass is 372 g/mol. The van der Waals surface area contributed by atoms with Crippen molar-refractivity contribution in [2.24, 2.45) is 0 Å². The molecular weight excluding hydrogens is 348 g/mol. The van der Waals surface area contributed by atoms with E-state index in [0.717, 1.165) is 17.8 Å². The Morgan fingerprint density at radius 3 is 2.81 bits per heavy atom. The maximum absolute atomic E-state index is 12.5. The van der Waals surface area contributed by atoms with Gasteiger partial charge in [-0.3, -0.25) is 9.59 Å². The van der Waals surface area contributed by atoms with Crippen LogP contribution in [-0.2, 0) is 9.59 Å². The first kappa shape index (κ1) is 18.8. The van der Waals surface area contributed by atoms with Gasteiger partial charge < -0.3 is 24.8 Å². The number of nitrogens with zero attached hydrogens (tertiary/aromatic N) is 2. The summed E-state index contributed by atoms with van der Waals surface area (Å²) >= 11 is 0. The molecule has 1 aliphatic heterocycles. The van der Waals surface area contributed by atoms with Crippen LogP contribution in [0.15, 0.2) is 28.8 Å². The lowest BCUT2D eigenvalue weighted by atomic mass is 10.1. The van der Waals surface area contributed by atoms with Gasteiger partial charge in [0.25, 0.3) is 0 Å². The van der Waals surface area contributed by atoms with Crippen molar-refractivity contribution in [3.63, 3.8) is 0 Å². The minimum absolute atomic E-state index is 0.0997. The van der Waals surface area contributed by atoms with Crippen molar-refractivity contribution in [2.75, 3.05) is 29.2 Å². The number of nitrogens with one attached hydrogen (secondary N) is 2. The number of carbonyl (C=O) groups excluding carboxylic acids is 2. The van der Waals surface area contributed by atoms with Gasteiger partial charge in [0.2, 0.25) is 11.8 Å². The fourth-order valence-electron chi connectivity index (χ4n) is 3.09. The van der Waals surface area contributed by atoms with Gasteiger partial charge in [-0.2, -0.15) is 0 Å². The maximum Gasteiger partial charge on any atom is 0.248 e. The van der Waals surface area contributed by atoms with Crippen LogP contribution >= 0.6 is 0 Å². The van der Waals surface area contributed by atoms with Crippen LogP contribution in [-0.4, -0.2) is 36.7 Å². The molecule has 1 aromatic carbocycles. The Hall–Kier alpha value is -3.03. The van der Waals surface area contributed by atoms with Gasteiger partial charge in [0.1, 0.15) is 17.6 Å². The second-order valence-electron chi connectivity index (χ2n) is 6.45. The van der Waals surface area contributed by atoms with Crippen molar-refractivity contribution in [3.05, 3.63) is 30.0 Å². The number of carbonyl (C=O) groups is 2. The van der Waals surface area contributed by atoms with Gasteiger partial charge in [-0.1, -0.05) is 12.1 Å². The molecule has 0 spiro atoms. The lowest BCUT2D eigenvalue weighted by Gasteiger charge is -2.21. The standard InChI is InChI=1S/C19H24N4O4/c1-4-14(19(25)21-17-10-12(2)27-22-17)20-13-7-8-15(16(11-13)26-3)23-9-5-6-18(23)24/h7-8,10-11,14,20H,4-6,9H2,1-3H3,(H,21,22,25). The molecule has 2 amide bonds. The first-order chi connectivity index (χ1) is 13.0. The highest BCUT2D eigenvalue weighted by molar-refractivity contribution is 5.98. The zero-order valence-corrected chi connectivity index (χ0v) is 15.7. The number of aromatic nitrogens is 1. The molecule has 0 saturated carbocycles. The van der Waals surface area contributed by atoms with Crippen molar-refractivity contribution in [1.82, 2.24) is 5.16 Å². The summed E-state index contributed by atoms with van der Waals surface area (Å²) in [6.45, 7) is 4.37. The number of hydrogen-bond acceptors (Lipinski definition) is 6. The predicted molar refractivity (Wildman–Crippen MR) is 102 cm³/mol. The highest BCUT2D eigenvalue weighted by atomic mass is 16.5. The van der Waals surface area contributed by atoms with Crippen molar-refractivity contribution in [1.29, 1.82) is 0 Å². The average molecular weight is 372 g/mol. The maximum atomic E-state index is 12.5. The summed E-state index contributed by atoms with van der Waals surface area (Å²) in [5.74, 6) is 1.50. The van der Waals surface area contributed by atoms with E-state index in [0.29, 0.717) is 36.7 Å². The highest BCUT2D eigenvalue weighted by Gasteiger charge is 2.25. The third kappa shape index (κ3) is 4.21. The van der Waals surface area contributed by atoms with Gasteiger partial charge in [0.15, 0.2) is 5.82 Å². The van der Waals surface area contributed by atoms with Gasteiger partial charge >= 0.3 is 0 Å². The molecule has 2 N–H and O–H groups in total. The fraction of sp³-hybridized carbons (Fsp3) is 0.421. The molecule has 1 atom stereocenters.